The average molecular weight is 302 g/mol. The highest BCUT2D eigenvalue weighted by atomic mass is 19.4. The summed E-state index contributed by atoms with van der Waals surface area (Å²) in [6, 6.07) is 2.83. The van der Waals surface area contributed by atoms with Crippen molar-refractivity contribution in [2.45, 2.75) is 44.8 Å². The number of alkyl halides is 3. The van der Waals surface area contributed by atoms with Gasteiger partial charge < -0.3 is 5.32 Å². The fourth-order valence-corrected chi connectivity index (χ4v) is 2.63. The van der Waals surface area contributed by atoms with Gasteiger partial charge in [0, 0.05) is 23.9 Å². The van der Waals surface area contributed by atoms with Crippen molar-refractivity contribution in [2.75, 3.05) is 5.32 Å². The minimum absolute atomic E-state index is 0.0104. The van der Waals surface area contributed by atoms with Crippen LogP contribution in [0.25, 0.3) is 0 Å². The van der Waals surface area contributed by atoms with Crippen LogP contribution in [0.15, 0.2) is 18.2 Å². The fourth-order valence-electron chi connectivity index (χ4n) is 2.63. The molecule has 1 N–H and O–H groups in total. The summed E-state index contributed by atoms with van der Waals surface area (Å²) in [6.07, 6.45) is -1.03. The lowest BCUT2D eigenvalue weighted by Gasteiger charge is -2.28. The lowest BCUT2D eigenvalue weighted by molar-refractivity contribution is -0.385. The molecule has 1 aromatic carbocycles. The Bertz CT molecular complexity index is 523. The summed E-state index contributed by atoms with van der Waals surface area (Å²) in [4.78, 5) is 9.82. The van der Waals surface area contributed by atoms with Crippen LogP contribution in [-0.2, 0) is 6.18 Å². The van der Waals surface area contributed by atoms with Gasteiger partial charge in [-0.1, -0.05) is 6.92 Å². The molecule has 1 aliphatic carbocycles. The van der Waals surface area contributed by atoms with Gasteiger partial charge in [-0.05, 0) is 37.7 Å². The molecule has 0 bridgehead atoms. The topological polar surface area (TPSA) is 55.2 Å². The summed E-state index contributed by atoms with van der Waals surface area (Å²) in [7, 11) is 0. The van der Waals surface area contributed by atoms with E-state index in [9.17, 15) is 23.3 Å². The van der Waals surface area contributed by atoms with Crippen molar-refractivity contribution in [3.05, 3.63) is 33.9 Å². The molecule has 1 saturated carbocycles. The van der Waals surface area contributed by atoms with Crippen LogP contribution in [0.1, 0.15) is 38.2 Å². The molecule has 0 heterocycles. The number of halogens is 3. The van der Waals surface area contributed by atoms with Gasteiger partial charge in [0.25, 0.3) is 5.69 Å². The summed E-state index contributed by atoms with van der Waals surface area (Å²) >= 11 is 0. The van der Waals surface area contributed by atoms with Gasteiger partial charge in [0.2, 0.25) is 0 Å². The number of anilines is 1. The number of nitrogens with zero attached hydrogens (tertiary/aromatic N) is 1. The standard InChI is InChI=1S/C14H17F3N2O2/c1-9-2-4-10(5-3-9)18-13-7-6-11(19(20)21)8-12(13)14(15,16)17/h6-10,18H,2-5H2,1H3. The van der Waals surface area contributed by atoms with Crippen LogP contribution in [0.4, 0.5) is 24.5 Å². The van der Waals surface area contributed by atoms with Crippen LogP contribution >= 0.6 is 0 Å². The van der Waals surface area contributed by atoms with E-state index in [1.54, 1.807) is 0 Å². The van der Waals surface area contributed by atoms with Crippen molar-refractivity contribution in [1.29, 1.82) is 0 Å². The predicted molar refractivity (Wildman–Crippen MR) is 73.1 cm³/mol. The third kappa shape index (κ3) is 3.86. The van der Waals surface area contributed by atoms with Crippen LogP contribution < -0.4 is 5.32 Å². The Morgan fingerprint density at radius 2 is 1.86 bits per heavy atom. The van der Waals surface area contributed by atoms with Gasteiger partial charge in [0.05, 0.1) is 10.5 Å². The van der Waals surface area contributed by atoms with Crippen LogP contribution in [0.2, 0.25) is 0 Å². The maximum absolute atomic E-state index is 13.0. The average Bonchev–Trinajstić information content (AvgIpc) is 2.40. The Hall–Kier alpha value is -1.79. The minimum atomic E-state index is -4.61. The molecule has 0 amide bonds. The Balaban J connectivity index is 2.24. The Morgan fingerprint density at radius 3 is 2.38 bits per heavy atom. The first-order valence-electron chi connectivity index (χ1n) is 6.89. The van der Waals surface area contributed by atoms with E-state index < -0.39 is 22.4 Å². The lowest BCUT2D eigenvalue weighted by Crippen LogP contribution is -2.26. The zero-order valence-corrected chi connectivity index (χ0v) is 11.6. The van der Waals surface area contributed by atoms with Crippen molar-refractivity contribution in [2.24, 2.45) is 5.92 Å². The molecule has 1 fully saturated rings. The number of rotatable bonds is 3. The first-order valence-corrected chi connectivity index (χ1v) is 6.89. The molecule has 0 atom stereocenters. The minimum Gasteiger partial charge on any atom is -0.382 e. The smallest absolute Gasteiger partial charge is 0.382 e. The summed E-state index contributed by atoms with van der Waals surface area (Å²) < 4.78 is 39.1. The summed E-state index contributed by atoms with van der Waals surface area (Å²) in [5.74, 6) is 0.599. The highest BCUT2D eigenvalue weighted by Gasteiger charge is 2.35. The molecule has 0 saturated heterocycles. The SMILES string of the molecule is CC1CCC(Nc2ccc([N+](=O)[O-])cc2C(F)(F)F)CC1. The van der Waals surface area contributed by atoms with Crippen molar-refractivity contribution in [3.63, 3.8) is 0 Å². The summed E-state index contributed by atoms with van der Waals surface area (Å²) in [5, 5.41) is 13.5. The van der Waals surface area contributed by atoms with E-state index in [1.165, 1.54) is 0 Å². The monoisotopic (exact) mass is 302 g/mol. The maximum Gasteiger partial charge on any atom is 0.418 e. The second-order valence-corrected chi connectivity index (χ2v) is 5.59. The third-order valence-electron chi connectivity index (χ3n) is 3.89. The number of nitro benzene ring substituents is 1. The van der Waals surface area contributed by atoms with Crippen molar-refractivity contribution >= 4 is 11.4 Å². The Morgan fingerprint density at radius 1 is 1.24 bits per heavy atom. The van der Waals surface area contributed by atoms with Gasteiger partial charge in [-0.25, -0.2) is 0 Å². The normalized spacial score (nSPS) is 22.9. The number of nitrogens with one attached hydrogen (secondary N) is 1. The zero-order chi connectivity index (χ0) is 15.6. The molecule has 7 heteroatoms. The van der Waals surface area contributed by atoms with E-state index in [0.29, 0.717) is 12.0 Å². The molecular weight excluding hydrogens is 285 g/mol. The molecule has 0 aliphatic heterocycles. The third-order valence-corrected chi connectivity index (χ3v) is 3.89. The molecule has 1 aromatic rings. The molecule has 21 heavy (non-hydrogen) atoms. The van der Waals surface area contributed by atoms with Gasteiger partial charge >= 0.3 is 6.18 Å². The second kappa shape index (κ2) is 5.91. The summed E-state index contributed by atoms with van der Waals surface area (Å²) in [6.45, 7) is 2.13. The highest BCUT2D eigenvalue weighted by Crippen LogP contribution is 2.38. The van der Waals surface area contributed by atoms with E-state index in [-0.39, 0.29) is 11.7 Å². The highest BCUT2D eigenvalue weighted by molar-refractivity contribution is 5.57. The lowest BCUT2D eigenvalue weighted by atomic mass is 9.87. The second-order valence-electron chi connectivity index (χ2n) is 5.59. The van der Waals surface area contributed by atoms with E-state index in [0.717, 1.165) is 37.8 Å². The van der Waals surface area contributed by atoms with E-state index in [4.69, 9.17) is 0 Å². The van der Waals surface area contributed by atoms with Crippen molar-refractivity contribution in [3.8, 4) is 0 Å². The van der Waals surface area contributed by atoms with Gasteiger partial charge in [0.15, 0.2) is 0 Å². The van der Waals surface area contributed by atoms with Crippen LogP contribution in [-0.4, -0.2) is 11.0 Å². The number of non-ortho nitro benzene ring substituents is 1. The molecule has 2 rings (SSSR count). The molecule has 116 valence electrons. The molecule has 0 aromatic heterocycles. The first-order chi connectivity index (χ1) is 9.77. The fraction of sp³-hybridized carbons (Fsp3) is 0.571. The van der Waals surface area contributed by atoms with E-state index in [2.05, 4.69) is 12.2 Å². The van der Waals surface area contributed by atoms with Gasteiger partial charge in [-0.15, -0.1) is 0 Å². The van der Waals surface area contributed by atoms with Crippen LogP contribution in [0.3, 0.4) is 0 Å². The number of hydrogen-bond donors (Lipinski definition) is 1. The molecule has 0 unspecified atom stereocenters. The molecule has 0 spiro atoms. The van der Waals surface area contributed by atoms with E-state index >= 15 is 0 Å². The first kappa shape index (κ1) is 15.6. The van der Waals surface area contributed by atoms with Crippen LogP contribution in [0.5, 0.6) is 0 Å². The number of benzene rings is 1. The quantitative estimate of drug-likeness (QED) is 0.655. The Kier molecular flexibility index (Phi) is 4.39. The van der Waals surface area contributed by atoms with Crippen molar-refractivity contribution in [1.82, 2.24) is 0 Å². The predicted octanol–water partition coefficient (Wildman–Crippen LogP) is 4.60. The largest absolute Gasteiger partial charge is 0.418 e. The maximum atomic E-state index is 13.0. The Labute approximate surface area is 120 Å². The summed E-state index contributed by atoms with van der Waals surface area (Å²) in [5.41, 5.74) is -1.60. The van der Waals surface area contributed by atoms with Gasteiger partial charge in [0.1, 0.15) is 0 Å². The van der Waals surface area contributed by atoms with Crippen molar-refractivity contribution < 1.29 is 18.1 Å². The van der Waals surface area contributed by atoms with Gasteiger partial charge in [-0.2, -0.15) is 13.2 Å². The molecular formula is C14H17F3N2O2. The molecule has 4 nitrogen and oxygen atoms in total. The number of hydrogen-bond acceptors (Lipinski definition) is 3. The van der Waals surface area contributed by atoms with Crippen LogP contribution in [0, 0.1) is 16.0 Å². The zero-order valence-electron chi connectivity index (χ0n) is 11.6. The van der Waals surface area contributed by atoms with E-state index in [1.807, 2.05) is 0 Å². The number of nitro groups is 1. The molecule has 1 aliphatic rings. The molecule has 0 radical (unpaired) electrons. The van der Waals surface area contributed by atoms with Gasteiger partial charge in [-0.3, -0.25) is 10.1 Å².